The quantitative estimate of drug-likeness (QED) is 0.0624. The summed E-state index contributed by atoms with van der Waals surface area (Å²) in [6.07, 6.45) is -5.35. The predicted molar refractivity (Wildman–Crippen MR) is 265 cm³/mol. The highest BCUT2D eigenvalue weighted by Gasteiger charge is 2.53. The maximum absolute atomic E-state index is 7.47. The molecule has 0 saturated carbocycles. The first-order valence-electron chi connectivity index (χ1n) is 23.8. The predicted octanol–water partition coefficient (Wildman–Crippen LogP) is 11.6. The van der Waals surface area contributed by atoms with Crippen molar-refractivity contribution in [2.45, 2.75) is 123 Å². The molecule has 10 atom stereocenters. The smallest absolute Gasteiger partial charge is 0.187 e. The summed E-state index contributed by atoms with van der Waals surface area (Å²) in [7, 11) is 0. The van der Waals surface area contributed by atoms with Gasteiger partial charge in [-0.2, -0.15) is 0 Å². The van der Waals surface area contributed by atoms with Gasteiger partial charge in [-0.3, -0.25) is 0 Å². The normalized spacial score (nSPS) is 24.9. The van der Waals surface area contributed by atoms with Gasteiger partial charge >= 0.3 is 0 Å². The Kier molecular flexibility index (Phi) is 19.9. The van der Waals surface area contributed by atoms with Crippen LogP contribution in [0.2, 0.25) is 0 Å². The molecule has 2 aliphatic heterocycles. The average Bonchev–Trinajstić information content (AvgIpc) is 3.37. The summed E-state index contributed by atoms with van der Waals surface area (Å²) < 4.78 is 62.9. The van der Waals surface area contributed by atoms with Crippen molar-refractivity contribution >= 4 is 0 Å². The summed E-state index contributed by atoms with van der Waals surface area (Å²) in [6, 6.07) is 61.1. The first-order chi connectivity index (χ1) is 33.0. The van der Waals surface area contributed by atoms with Gasteiger partial charge in [-0.1, -0.05) is 210 Å². The maximum Gasteiger partial charge on any atom is 0.187 e. The third-order valence-electron chi connectivity index (χ3n) is 12.5. The molecule has 2 aliphatic rings. The number of ether oxygens (including phenoxy) is 9. The second-order valence-electron chi connectivity index (χ2n) is 17.9. The summed E-state index contributed by atoms with van der Waals surface area (Å²) in [4.78, 5) is 0. The Morgan fingerprint density at radius 1 is 0.382 bits per heavy atom. The summed E-state index contributed by atoms with van der Waals surface area (Å²) in [5.74, 6) is 0.149. The van der Waals surface area contributed by atoms with Crippen LogP contribution in [0.15, 0.2) is 182 Å². The fourth-order valence-electron chi connectivity index (χ4n) is 9.06. The van der Waals surface area contributed by atoms with Crippen LogP contribution >= 0.6 is 0 Å². The van der Waals surface area contributed by atoms with Crippen molar-refractivity contribution in [3.63, 3.8) is 0 Å². The largest absolute Gasteiger partial charge is 0.374 e. The SMILES string of the molecule is C.CC(C)[C@@H]1OC(COCc2ccccc2)[C@@H](O[C@@H]2OC(COCc3ccccc3)[C@H](OCc3ccccc3)[C@H](OCc3ccccc3)C2OCc2ccccc2)[C@H](OCc2ccccc2)C1C. The van der Waals surface area contributed by atoms with Crippen molar-refractivity contribution < 1.29 is 42.6 Å². The molecule has 360 valence electrons. The summed E-state index contributed by atoms with van der Waals surface area (Å²) in [6.45, 7) is 9.18. The molecular formula is C59H70O9. The fourth-order valence-corrected chi connectivity index (χ4v) is 9.06. The first kappa shape index (κ1) is 50.8. The second-order valence-corrected chi connectivity index (χ2v) is 17.9. The molecule has 6 aromatic rings. The molecule has 9 heteroatoms. The van der Waals surface area contributed by atoms with Crippen LogP contribution < -0.4 is 0 Å². The highest BCUT2D eigenvalue weighted by molar-refractivity contribution is 5.18. The van der Waals surface area contributed by atoms with Gasteiger partial charge in [-0.15, -0.1) is 0 Å². The van der Waals surface area contributed by atoms with Gasteiger partial charge in [-0.25, -0.2) is 0 Å². The number of benzene rings is 6. The molecule has 2 fully saturated rings. The number of hydrogen-bond donors (Lipinski definition) is 0. The van der Waals surface area contributed by atoms with Crippen LogP contribution in [0.3, 0.4) is 0 Å². The molecule has 2 heterocycles. The summed E-state index contributed by atoms with van der Waals surface area (Å²) >= 11 is 0. The zero-order valence-corrected chi connectivity index (χ0v) is 39.0. The van der Waals surface area contributed by atoms with E-state index >= 15 is 0 Å². The van der Waals surface area contributed by atoms with E-state index in [9.17, 15) is 0 Å². The number of hydrogen-bond acceptors (Lipinski definition) is 9. The Morgan fingerprint density at radius 2 is 0.706 bits per heavy atom. The van der Waals surface area contributed by atoms with E-state index in [4.69, 9.17) is 42.6 Å². The topological polar surface area (TPSA) is 83.1 Å². The van der Waals surface area contributed by atoms with Crippen molar-refractivity contribution in [1.29, 1.82) is 0 Å². The van der Waals surface area contributed by atoms with Crippen LogP contribution in [0.4, 0.5) is 0 Å². The minimum absolute atomic E-state index is 0. The Morgan fingerprint density at radius 3 is 1.09 bits per heavy atom. The van der Waals surface area contributed by atoms with Crippen molar-refractivity contribution in [3.05, 3.63) is 215 Å². The zero-order chi connectivity index (χ0) is 46.0. The van der Waals surface area contributed by atoms with Crippen molar-refractivity contribution in [3.8, 4) is 0 Å². The van der Waals surface area contributed by atoms with Crippen LogP contribution in [-0.4, -0.2) is 68.3 Å². The van der Waals surface area contributed by atoms with Gasteiger partial charge < -0.3 is 42.6 Å². The molecule has 2 saturated heterocycles. The van der Waals surface area contributed by atoms with Gasteiger partial charge in [0, 0.05) is 5.92 Å². The average molecular weight is 923 g/mol. The second kappa shape index (κ2) is 26.6. The summed E-state index contributed by atoms with van der Waals surface area (Å²) in [5.41, 5.74) is 6.25. The molecule has 0 amide bonds. The van der Waals surface area contributed by atoms with Crippen LogP contribution in [0, 0.1) is 11.8 Å². The van der Waals surface area contributed by atoms with Crippen LogP contribution in [0.25, 0.3) is 0 Å². The lowest BCUT2D eigenvalue weighted by Gasteiger charge is -2.50. The molecule has 8 rings (SSSR count). The summed E-state index contributed by atoms with van der Waals surface area (Å²) in [5, 5.41) is 0. The molecule has 0 spiro atoms. The third-order valence-corrected chi connectivity index (χ3v) is 12.5. The molecule has 68 heavy (non-hydrogen) atoms. The molecule has 0 bridgehead atoms. The van der Waals surface area contributed by atoms with E-state index in [1.807, 2.05) is 109 Å². The van der Waals surface area contributed by atoms with Gasteiger partial charge in [0.2, 0.25) is 0 Å². The van der Waals surface area contributed by atoms with Crippen molar-refractivity contribution in [2.24, 2.45) is 11.8 Å². The Hall–Kier alpha value is -5.04. The molecule has 0 N–H and O–H groups in total. The highest BCUT2D eigenvalue weighted by atomic mass is 16.7. The minimum Gasteiger partial charge on any atom is -0.374 e. The lowest BCUT2D eigenvalue weighted by molar-refractivity contribution is -0.359. The van der Waals surface area contributed by atoms with E-state index in [0.717, 1.165) is 33.4 Å². The van der Waals surface area contributed by atoms with Crippen LogP contribution in [0.5, 0.6) is 0 Å². The standard InChI is InChI=1S/C58H66O9.CH4/c1-42(2)52-43(3)53(61-36-46-26-14-6-15-27-46)55(51(65-52)41-60-35-45-24-12-5-13-25-45)67-58-57(64-39-49-32-20-9-21-33-49)56(63-38-48-30-18-8-19-31-48)54(62-37-47-28-16-7-17-29-47)50(66-58)40-59-34-44-22-10-4-11-23-44;/h4-33,42-43,50-58H,34-41H2,1-3H3;1H4/t43?,50?,51?,52-,53+,54-,55+,56-,57?,58-;/m0./s1. The van der Waals surface area contributed by atoms with Crippen LogP contribution in [-0.2, 0) is 82.3 Å². The Bertz CT molecular complexity index is 2250. The number of rotatable bonds is 23. The molecule has 0 aromatic heterocycles. The van der Waals surface area contributed by atoms with E-state index in [-0.39, 0.29) is 45.2 Å². The van der Waals surface area contributed by atoms with Gasteiger partial charge in [0.15, 0.2) is 6.29 Å². The molecule has 6 aromatic carbocycles. The fraction of sp³-hybridized carbons (Fsp3) is 0.390. The molecule has 0 radical (unpaired) electrons. The van der Waals surface area contributed by atoms with Crippen molar-refractivity contribution in [1.82, 2.24) is 0 Å². The van der Waals surface area contributed by atoms with Gasteiger partial charge in [-0.05, 0) is 39.3 Å². The van der Waals surface area contributed by atoms with E-state index < -0.39 is 49.0 Å². The maximum atomic E-state index is 7.47. The van der Waals surface area contributed by atoms with Gasteiger partial charge in [0.1, 0.15) is 36.6 Å². The van der Waals surface area contributed by atoms with Crippen LogP contribution in [0.1, 0.15) is 61.6 Å². The molecular weight excluding hydrogens is 853 g/mol. The molecule has 0 aliphatic carbocycles. The highest BCUT2D eigenvalue weighted by Crippen LogP contribution is 2.38. The monoisotopic (exact) mass is 923 g/mol. The van der Waals surface area contributed by atoms with E-state index in [1.54, 1.807) is 0 Å². The lowest BCUT2D eigenvalue weighted by atomic mass is 9.83. The van der Waals surface area contributed by atoms with E-state index in [0.29, 0.717) is 33.0 Å². The molecule has 4 unspecified atom stereocenters. The third kappa shape index (κ3) is 14.5. The molecule has 9 nitrogen and oxygen atoms in total. The Balaban J connectivity index is 0.00000684. The lowest BCUT2D eigenvalue weighted by Crippen LogP contribution is -2.65. The minimum atomic E-state index is -0.970. The van der Waals surface area contributed by atoms with E-state index in [2.05, 4.69) is 93.6 Å². The van der Waals surface area contributed by atoms with Gasteiger partial charge in [0.25, 0.3) is 0 Å². The van der Waals surface area contributed by atoms with Crippen molar-refractivity contribution in [2.75, 3.05) is 13.2 Å². The Labute approximate surface area is 404 Å². The van der Waals surface area contributed by atoms with Gasteiger partial charge in [0.05, 0.1) is 65.1 Å². The first-order valence-corrected chi connectivity index (χ1v) is 23.8. The zero-order valence-electron chi connectivity index (χ0n) is 39.0. The van der Waals surface area contributed by atoms with E-state index in [1.165, 1.54) is 0 Å².